The largest absolute Gasteiger partial charge is 0.256 e. The fourth-order valence-electron chi connectivity index (χ4n) is 16.3. The third-order valence-corrected chi connectivity index (χ3v) is 21.9. The predicted molar refractivity (Wildman–Crippen MR) is 462 cm³/mol. The minimum atomic E-state index is 0.910. The van der Waals surface area contributed by atoms with Crippen molar-refractivity contribution in [1.29, 1.82) is 0 Å². The highest BCUT2D eigenvalue weighted by Crippen LogP contribution is 2.45. The number of hydrogen-bond acceptors (Lipinski definition) is 10. The van der Waals surface area contributed by atoms with Crippen LogP contribution in [0.4, 0.5) is 0 Å². The van der Waals surface area contributed by atoms with Crippen molar-refractivity contribution in [3.63, 3.8) is 0 Å². The molecule has 518 valence electrons. The van der Waals surface area contributed by atoms with E-state index in [2.05, 4.69) is 306 Å². The lowest BCUT2D eigenvalue weighted by atomic mass is 9.88. The molecule has 0 spiro atoms. The zero-order chi connectivity index (χ0) is 73.7. The summed E-state index contributed by atoms with van der Waals surface area (Å²) < 4.78 is 0. The second-order valence-corrected chi connectivity index (χ2v) is 28.7. The normalized spacial score (nSPS) is 11.8. The lowest BCUT2D eigenvalue weighted by molar-refractivity contribution is 1.35. The lowest BCUT2D eigenvalue weighted by Gasteiger charge is -2.17. The van der Waals surface area contributed by atoms with E-state index in [-0.39, 0.29) is 0 Å². The number of fused-ring (bicyclic) bond motifs is 15. The monoisotopic (exact) mass is 1420 g/mol. The Balaban J connectivity index is 0.000000138. The van der Waals surface area contributed by atoms with E-state index in [0.29, 0.717) is 0 Å². The molecule has 0 amide bonds. The van der Waals surface area contributed by atoms with E-state index < -0.39 is 0 Å². The first-order chi connectivity index (χ1) is 55.4. The smallest absolute Gasteiger partial charge is 0.0972 e. The Bertz CT molecular complexity index is 7820. The molecular weight excluding hydrogens is 1370 g/mol. The van der Waals surface area contributed by atoms with Crippen LogP contribution in [0, 0.1) is 0 Å². The molecule has 0 aliphatic rings. The SMILES string of the molecule is c1ccc2ncc(-c3ccc4cc(-c5ccc6nc(-c7c8ccccc8c(-c8ccc9ccc%10cccnc%10c9n8)c8ccccc78)ccc6c5)ccc4n3)cc2c1.c1ccc2ncc(-c3ccc4cc(-c5ccc6nc(-c7ccc8cc(-c9ccc%10ccc%11cccnc%11c%10n9)ccc8c7)ccc6c5)ccc4n3)cc2c1. The average Bonchev–Trinajstić information content (AvgIpc) is 0.728. The van der Waals surface area contributed by atoms with Crippen LogP contribution in [0.5, 0.6) is 0 Å². The molecule has 10 nitrogen and oxygen atoms in total. The Hall–Kier alpha value is -15.3. The Morgan fingerprint density at radius 1 is 0.152 bits per heavy atom. The molecule has 0 aliphatic carbocycles. The third kappa shape index (κ3) is 11.4. The van der Waals surface area contributed by atoms with Gasteiger partial charge in [0.15, 0.2) is 0 Å². The molecule has 23 rings (SSSR count). The number of benzene rings is 13. The number of para-hydroxylation sites is 2. The zero-order valence-electron chi connectivity index (χ0n) is 60.1. The van der Waals surface area contributed by atoms with Gasteiger partial charge in [-0.2, -0.15) is 0 Å². The highest BCUT2D eigenvalue weighted by atomic mass is 14.8. The van der Waals surface area contributed by atoms with E-state index in [1.165, 1.54) is 0 Å². The topological polar surface area (TPSA) is 129 Å². The minimum absolute atomic E-state index is 0.910. The van der Waals surface area contributed by atoms with Gasteiger partial charge < -0.3 is 0 Å². The summed E-state index contributed by atoms with van der Waals surface area (Å²) in [5.74, 6) is 0. The maximum Gasteiger partial charge on any atom is 0.0972 e. The third-order valence-electron chi connectivity index (χ3n) is 21.9. The van der Waals surface area contributed by atoms with Gasteiger partial charge in [0, 0.05) is 112 Å². The summed E-state index contributed by atoms with van der Waals surface area (Å²) >= 11 is 0. The lowest BCUT2D eigenvalue weighted by Crippen LogP contribution is -1.95. The van der Waals surface area contributed by atoms with Gasteiger partial charge in [-0.1, -0.05) is 206 Å². The number of aromatic nitrogens is 10. The van der Waals surface area contributed by atoms with Crippen molar-refractivity contribution in [1.82, 2.24) is 49.8 Å². The molecular formula is C102H60N10. The minimum Gasteiger partial charge on any atom is -0.256 e. The Labute approximate surface area is 641 Å². The van der Waals surface area contributed by atoms with Crippen molar-refractivity contribution in [2.75, 3.05) is 0 Å². The van der Waals surface area contributed by atoms with E-state index >= 15 is 0 Å². The fourth-order valence-corrected chi connectivity index (χ4v) is 16.3. The van der Waals surface area contributed by atoms with Crippen LogP contribution in [0.15, 0.2) is 365 Å². The molecule has 0 radical (unpaired) electrons. The van der Waals surface area contributed by atoms with Crippen molar-refractivity contribution in [3.05, 3.63) is 365 Å². The highest BCUT2D eigenvalue weighted by Gasteiger charge is 2.21. The van der Waals surface area contributed by atoms with Gasteiger partial charge in [-0.05, 0) is 188 Å². The van der Waals surface area contributed by atoms with Crippen molar-refractivity contribution < 1.29 is 0 Å². The first-order valence-electron chi connectivity index (χ1n) is 37.5. The first kappa shape index (κ1) is 64.0. The van der Waals surface area contributed by atoms with Gasteiger partial charge in [0.25, 0.3) is 0 Å². The van der Waals surface area contributed by atoms with Gasteiger partial charge in [-0.25, -0.2) is 29.9 Å². The van der Waals surface area contributed by atoms with Crippen LogP contribution in [-0.4, -0.2) is 49.8 Å². The molecule has 13 aromatic carbocycles. The number of pyridine rings is 10. The highest BCUT2D eigenvalue weighted by molar-refractivity contribution is 6.21. The van der Waals surface area contributed by atoms with Crippen molar-refractivity contribution in [3.8, 4) is 89.8 Å². The summed E-state index contributed by atoms with van der Waals surface area (Å²) in [7, 11) is 0. The van der Waals surface area contributed by atoms with Crippen molar-refractivity contribution >= 4 is 141 Å². The van der Waals surface area contributed by atoms with Gasteiger partial charge in [0.2, 0.25) is 0 Å². The fraction of sp³-hybridized carbons (Fsp3) is 0. The second kappa shape index (κ2) is 26.3. The predicted octanol–water partition coefficient (Wildman–Crippen LogP) is 25.7. The molecule has 0 bridgehead atoms. The Kier molecular flexibility index (Phi) is 15.0. The molecule has 0 N–H and O–H groups in total. The maximum atomic E-state index is 5.33. The molecule has 0 unspecified atom stereocenters. The second-order valence-electron chi connectivity index (χ2n) is 28.7. The average molecular weight is 1430 g/mol. The van der Waals surface area contributed by atoms with Crippen LogP contribution >= 0.6 is 0 Å². The van der Waals surface area contributed by atoms with Gasteiger partial charge in [-0.3, -0.25) is 19.9 Å². The molecule has 112 heavy (non-hydrogen) atoms. The molecule has 0 saturated heterocycles. The van der Waals surface area contributed by atoms with Crippen LogP contribution in [0.25, 0.3) is 231 Å². The summed E-state index contributed by atoms with van der Waals surface area (Å²) in [6.07, 6.45) is 7.48. The summed E-state index contributed by atoms with van der Waals surface area (Å²) in [5.41, 5.74) is 26.1. The number of rotatable bonds is 8. The molecule has 10 aromatic heterocycles. The summed E-state index contributed by atoms with van der Waals surface area (Å²) in [4.78, 5) is 49.4. The van der Waals surface area contributed by atoms with Crippen LogP contribution in [-0.2, 0) is 0 Å². The van der Waals surface area contributed by atoms with Crippen LogP contribution in [0.2, 0.25) is 0 Å². The van der Waals surface area contributed by atoms with E-state index in [1.54, 1.807) is 0 Å². The van der Waals surface area contributed by atoms with E-state index in [1.807, 2.05) is 73.3 Å². The summed E-state index contributed by atoms with van der Waals surface area (Å²) in [6.45, 7) is 0. The molecule has 0 fully saturated rings. The first-order valence-corrected chi connectivity index (χ1v) is 37.5. The Morgan fingerprint density at radius 2 is 0.420 bits per heavy atom. The van der Waals surface area contributed by atoms with Crippen LogP contribution in [0.3, 0.4) is 0 Å². The molecule has 23 aromatic rings. The van der Waals surface area contributed by atoms with Crippen LogP contribution in [0.1, 0.15) is 0 Å². The van der Waals surface area contributed by atoms with Gasteiger partial charge in [0.05, 0.1) is 89.3 Å². The van der Waals surface area contributed by atoms with Crippen molar-refractivity contribution in [2.45, 2.75) is 0 Å². The zero-order valence-corrected chi connectivity index (χ0v) is 60.1. The van der Waals surface area contributed by atoms with Gasteiger partial charge in [-0.15, -0.1) is 0 Å². The molecule has 0 atom stereocenters. The summed E-state index contributed by atoms with van der Waals surface area (Å²) in [6, 6.07) is 119. The Morgan fingerprint density at radius 3 is 0.839 bits per heavy atom. The standard InChI is InChI=1S/C53H31N5.C49H29N5/c1-6-14-44-36(8-1)30-39(31-55-44)47-24-20-37-28-34(18-22-45(37)56-47)35-19-23-46-38(29-35)21-26-48(57-46)50-40-10-2-4-12-42(40)51(43-13-5-3-11-41(43)50)49-25-17-33-16-15-32-9-7-27-54-52(32)53(33)58-49;1-2-6-42-36(4-1)28-41(29-51-42)47-22-17-40-27-35(15-20-44(40)53-47)34-14-19-43-39(26-34)16-21-45(52-43)37-11-9-33-25-38(12-10-32(33)24-37)46-18-13-31-8-7-30-5-3-23-50-48(30)49(31)54-46/h1-31H;1-29H. The molecule has 0 saturated carbocycles. The maximum absolute atomic E-state index is 5.33. The number of hydrogen-bond donors (Lipinski definition) is 0. The molecule has 0 aliphatic heterocycles. The quantitative estimate of drug-likeness (QED) is 0.107. The summed E-state index contributed by atoms with van der Waals surface area (Å²) in [5, 5.41) is 17.8. The van der Waals surface area contributed by atoms with E-state index in [4.69, 9.17) is 34.9 Å². The van der Waals surface area contributed by atoms with Gasteiger partial charge >= 0.3 is 0 Å². The van der Waals surface area contributed by atoms with Crippen molar-refractivity contribution in [2.24, 2.45) is 0 Å². The number of nitrogens with zero attached hydrogens (tertiary/aromatic N) is 10. The molecule has 10 heteroatoms. The van der Waals surface area contributed by atoms with Gasteiger partial charge in [0.1, 0.15) is 0 Å². The van der Waals surface area contributed by atoms with Crippen LogP contribution < -0.4 is 0 Å². The van der Waals surface area contributed by atoms with E-state index in [0.717, 1.165) is 231 Å². The molecule has 10 heterocycles. The van der Waals surface area contributed by atoms with E-state index in [9.17, 15) is 0 Å².